The van der Waals surface area contributed by atoms with Crippen molar-refractivity contribution in [1.29, 1.82) is 0 Å². The summed E-state index contributed by atoms with van der Waals surface area (Å²) in [6.07, 6.45) is 0. The van der Waals surface area contributed by atoms with Gasteiger partial charge < -0.3 is 9.80 Å². The number of halogens is 4. The number of benzene rings is 6. The highest BCUT2D eigenvalue weighted by Gasteiger charge is 2.24. The van der Waals surface area contributed by atoms with Crippen LogP contribution in [0, 0.1) is 23.3 Å². The lowest BCUT2D eigenvalue weighted by Crippen LogP contribution is -2.17. The molecule has 0 fully saturated rings. The third-order valence-electron chi connectivity index (χ3n) is 6.59. The summed E-state index contributed by atoms with van der Waals surface area (Å²) in [5.41, 5.74) is 2.87. The summed E-state index contributed by atoms with van der Waals surface area (Å²) in [6.45, 7) is 0. The highest BCUT2D eigenvalue weighted by Crippen LogP contribution is 2.47. The lowest BCUT2D eigenvalue weighted by Gasteiger charge is -2.33. The quantitative estimate of drug-likeness (QED) is 0.196. The van der Waals surface area contributed by atoms with Gasteiger partial charge in [-0.3, -0.25) is 0 Å². The summed E-state index contributed by atoms with van der Waals surface area (Å²) in [5, 5.41) is 1.75. The van der Waals surface area contributed by atoms with Crippen LogP contribution in [-0.2, 0) is 0 Å². The van der Waals surface area contributed by atoms with Gasteiger partial charge in [0.15, 0.2) is 0 Å². The Morgan fingerprint density at radius 2 is 0.625 bits per heavy atom. The second-order valence-corrected chi connectivity index (χ2v) is 9.28. The molecule has 0 saturated carbocycles. The number of hydrogen-bond acceptors (Lipinski definition) is 2. The molecular weight excluding hydrogens is 512 g/mol. The Labute approximate surface area is 229 Å². The van der Waals surface area contributed by atoms with E-state index >= 15 is 0 Å². The smallest absolute Gasteiger partial charge is 0.125 e. The maximum atomic E-state index is 14.6. The third-order valence-corrected chi connectivity index (χ3v) is 6.59. The second kappa shape index (κ2) is 10.6. The molecule has 0 unspecified atom stereocenters. The normalized spacial score (nSPS) is 11.0. The summed E-state index contributed by atoms with van der Waals surface area (Å²) < 4.78 is 58.3. The van der Waals surface area contributed by atoms with Crippen molar-refractivity contribution in [1.82, 2.24) is 0 Å². The number of fused-ring (bicyclic) bond motifs is 1. The maximum Gasteiger partial charge on any atom is 0.125 e. The molecule has 0 N–H and O–H groups in total. The van der Waals surface area contributed by atoms with Crippen molar-refractivity contribution in [2.75, 3.05) is 9.80 Å². The lowest BCUT2D eigenvalue weighted by molar-refractivity contribution is 0.626. The van der Waals surface area contributed by atoms with Crippen LogP contribution in [0.15, 0.2) is 133 Å². The molecule has 0 amide bonds. The van der Waals surface area contributed by atoms with E-state index in [0.29, 0.717) is 34.1 Å². The SMILES string of the molecule is Fc1cccc(N(c2cccc(F)c2)c2cc3ccccc3cc2N(c2cccc(F)c2)c2cccc(F)c2)c1. The van der Waals surface area contributed by atoms with E-state index in [1.54, 1.807) is 58.3 Å². The summed E-state index contributed by atoms with van der Waals surface area (Å²) in [5.74, 6) is -1.86. The molecular formula is C34H22F4N2. The molecule has 0 atom stereocenters. The molecule has 0 radical (unpaired) electrons. The fourth-order valence-corrected chi connectivity index (χ4v) is 4.89. The van der Waals surface area contributed by atoms with Gasteiger partial charge in [0, 0.05) is 22.7 Å². The molecule has 6 aromatic carbocycles. The zero-order valence-electron chi connectivity index (χ0n) is 21.1. The predicted molar refractivity (Wildman–Crippen MR) is 153 cm³/mol. The van der Waals surface area contributed by atoms with Crippen molar-refractivity contribution in [2.45, 2.75) is 0 Å². The van der Waals surface area contributed by atoms with Gasteiger partial charge in [0.25, 0.3) is 0 Å². The second-order valence-electron chi connectivity index (χ2n) is 9.28. The molecule has 6 heteroatoms. The summed E-state index contributed by atoms with van der Waals surface area (Å²) in [4.78, 5) is 3.47. The van der Waals surface area contributed by atoms with Gasteiger partial charge in [-0.15, -0.1) is 0 Å². The Morgan fingerprint density at radius 1 is 0.325 bits per heavy atom. The molecule has 40 heavy (non-hydrogen) atoms. The van der Waals surface area contributed by atoms with E-state index in [-0.39, 0.29) is 0 Å². The van der Waals surface area contributed by atoms with E-state index in [1.807, 2.05) is 36.4 Å². The minimum Gasteiger partial charge on any atom is -0.308 e. The third kappa shape index (κ3) is 4.99. The molecule has 0 aliphatic rings. The van der Waals surface area contributed by atoms with E-state index in [2.05, 4.69) is 0 Å². The van der Waals surface area contributed by atoms with Crippen LogP contribution in [0.4, 0.5) is 51.7 Å². The lowest BCUT2D eigenvalue weighted by atomic mass is 10.0. The number of nitrogens with zero attached hydrogens (tertiary/aromatic N) is 2. The van der Waals surface area contributed by atoms with Crippen LogP contribution in [0.1, 0.15) is 0 Å². The highest BCUT2D eigenvalue weighted by molar-refractivity contribution is 5.99. The Balaban J connectivity index is 1.71. The van der Waals surface area contributed by atoms with Crippen LogP contribution in [0.5, 0.6) is 0 Å². The Morgan fingerprint density at radius 3 is 0.900 bits per heavy atom. The first kappa shape index (κ1) is 25.2. The Bertz CT molecular complexity index is 1610. The van der Waals surface area contributed by atoms with Crippen LogP contribution in [-0.4, -0.2) is 0 Å². The van der Waals surface area contributed by atoms with Gasteiger partial charge in [-0.2, -0.15) is 0 Å². The van der Waals surface area contributed by atoms with Crippen molar-refractivity contribution in [3.63, 3.8) is 0 Å². The number of anilines is 6. The van der Waals surface area contributed by atoms with Crippen LogP contribution in [0.2, 0.25) is 0 Å². The van der Waals surface area contributed by atoms with E-state index in [9.17, 15) is 17.6 Å². The molecule has 6 rings (SSSR count). The van der Waals surface area contributed by atoms with Gasteiger partial charge in [0.2, 0.25) is 0 Å². The van der Waals surface area contributed by atoms with Gasteiger partial charge in [-0.1, -0.05) is 48.5 Å². The molecule has 0 aromatic heterocycles. The average molecular weight is 535 g/mol. The Hall–Kier alpha value is -5.10. The maximum absolute atomic E-state index is 14.6. The van der Waals surface area contributed by atoms with Crippen LogP contribution >= 0.6 is 0 Å². The fourth-order valence-electron chi connectivity index (χ4n) is 4.89. The van der Waals surface area contributed by atoms with Gasteiger partial charge in [-0.25, -0.2) is 17.6 Å². The monoisotopic (exact) mass is 534 g/mol. The topological polar surface area (TPSA) is 6.48 Å². The summed E-state index contributed by atoms with van der Waals surface area (Å²) >= 11 is 0. The van der Waals surface area contributed by atoms with Crippen molar-refractivity contribution >= 4 is 44.9 Å². The first-order chi connectivity index (χ1) is 19.5. The minimum atomic E-state index is -0.464. The molecule has 0 aliphatic carbocycles. The molecule has 0 aliphatic heterocycles. The summed E-state index contributed by atoms with van der Waals surface area (Å²) in [7, 11) is 0. The molecule has 2 nitrogen and oxygen atoms in total. The molecule has 0 bridgehead atoms. The minimum absolute atomic E-state index is 0.445. The van der Waals surface area contributed by atoms with E-state index in [0.717, 1.165) is 10.8 Å². The Kier molecular flexibility index (Phi) is 6.66. The zero-order valence-corrected chi connectivity index (χ0v) is 21.1. The average Bonchev–Trinajstić information content (AvgIpc) is 2.94. The molecule has 0 spiro atoms. The van der Waals surface area contributed by atoms with E-state index in [4.69, 9.17) is 0 Å². The zero-order chi connectivity index (χ0) is 27.6. The molecule has 0 heterocycles. The molecule has 0 saturated heterocycles. The van der Waals surface area contributed by atoms with Crippen molar-refractivity contribution in [3.8, 4) is 0 Å². The number of hydrogen-bond donors (Lipinski definition) is 0. The molecule has 6 aromatic rings. The number of rotatable bonds is 6. The fraction of sp³-hybridized carbons (Fsp3) is 0. The van der Waals surface area contributed by atoms with E-state index in [1.165, 1.54) is 48.5 Å². The molecule has 196 valence electrons. The van der Waals surface area contributed by atoms with Gasteiger partial charge >= 0.3 is 0 Å². The first-order valence-corrected chi connectivity index (χ1v) is 12.6. The van der Waals surface area contributed by atoms with Gasteiger partial charge in [0.1, 0.15) is 23.3 Å². The van der Waals surface area contributed by atoms with Crippen molar-refractivity contribution in [2.24, 2.45) is 0 Å². The van der Waals surface area contributed by atoms with Gasteiger partial charge in [-0.05, 0) is 95.7 Å². The van der Waals surface area contributed by atoms with Gasteiger partial charge in [0.05, 0.1) is 11.4 Å². The highest BCUT2D eigenvalue weighted by atomic mass is 19.1. The van der Waals surface area contributed by atoms with Crippen LogP contribution < -0.4 is 9.80 Å². The standard InChI is InChI=1S/C34H22F4N2/c35-25-9-3-13-29(19-25)39(30-14-4-10-26(36)20-30)33-17-23-7-1-2-8-24(23)18-34(33)40(31-15-5-11-27(37)21-31)32-16-6-12-28(38)22-32/h1-22H. The predicted octanol–water partition coefficient (Wildman–Crippen LogP) is 10.3. The van der Waals surface area contributed by atoms with Crippen molar-refractivity contribution in [3.05, 3.63) is 157 Å². The summed E-state index contributed by atoms with van der Waals surface area (Å²) in [6, 6.07) is 35.5. The van der Waals surface area contributed by atoms with Crippen LogP contribution in [0.3, 0.4) is 0 Å². The van der Waals surface area contributed by atoms with Crippen molar-refractivity contribution < 1.29 is 17.6 Å². The largest absolute Gasteiger partial charge is 0.308 e. The van der Waals surface area contributed by atoms with E-state index < -0.39 is 23.3 Å². The first-order valence-electron chi connectivity index (χ1n) is 12.6. The van der Waals surface area contributed by atoms with Crippen LogP contribution in [0.25, 0.3) is 10.8 Å².